The number of nitrogens with zero attached hydrogens (tertiary/aromatic N) is 1. The Morgan fingerprint density at radius 2 is 1.83 bits per heavy atom. The molecular weight excluding hydrogens is 298 g/mol. The predicted molar refractivity (Wildman–Crippen MR) is 86.0 cm³/mol. The van der Waals surface area contributed by atoms with Crippen LogP contribution in [0.25, 0.3) is 0 Å². The van der Waals surface area contributed by atoms with Gasteiger partial charge >= 0.3 is 0 Å². The van der Waals surface area contributed by atoms with E-state index in [-0.39, 0.29) is 11.8 Å². The largest absolute Gasteiger partial charge is 0.493 e. The van der Waals surface area contributed by atoms with Gasteiger partial charge in [0.05, 0.1) is 40.4 Å². The number of piperazine rings is 1. The van der Waals surface area contributed by atoms with E-state index in [9.17, 15) is 9.59 Å². The van der Waals surface area contributed by atoms with Gasteiger partial charge in [0, 0.05) is 18.7 Å². The highest BCUT2D eigenvalue weighted by Gasteiger charge is 2.23. The normalized spacial score (nSPS) is 15.2. The summed E-state index contributed by atoms with van der Waals surface area (Å²) in [6.07, 6.45) is 0. The Kier molecular flexibility index (Phi) is 5.81. The quantitative estimate of drug-likeness (QED) is 0.759. The summed E-state index contributed by atoms with van der Waals surface area (Å²) in [6.45, 7) is 4.95. The van der Waals surface area contributed by atoms with Gasteiger partial charge in [0.25, 0.3) is 5.91 Å². The summed E-state index contributed by atoms with van der Waals surface area (Å²) in [7, 11) is 3.13. The standard InChI is InChI=1S/C16H23N3O4/c1-12(20)19-8-6-18(7-9-19)11-16(21)17-13-4-5-14(22-2)15(10-13)23-3/h4-5,10H,6-9,11H2,1-3H3,(H,17,21)/p+1. The van der Waals surface area contributed by atoms with Crippen molar-refractivity contribution in [3.8, 4) is 11.5 Å². The molecular formula is C16H24N3O4+. The zero-order valence-corrected chi connectivity index (χ0v) is 13.8. The van der Waals surface area contributed by atoms with Crippen LogP contribution in [-0.2, 0) is 9.59 Å². The summed E-state index contributed by atoms with van der Waals surface area (Å²) in [6, 6.07) is 5.27. The van der Waals surface area contributed by atoms with E-state index >= 15 is 0 Å². The highest BCUT2D eigenvalue weighted by molar-refractivity contribution is 5.91. The second-order valence-corrected chi connectivity index (χ2v) is 5.55. The number of benzene rings is 1. The monoisotopic (exact) mass is 322 g/mol. The molecule has 1 aromatic rings. The Bertz CT molecular complexity index is 568. The molecule has 0 bridgehead atoms. The third-order valence-corrected chi connectivity index (χ3v) is 3.99. The molecule has 2 N–H and O–H groups in total. The van der Waals surface area contributed by atoms with Gasteiger partial charge < -0.3 is 24.6 Å². The number of anilines is 1. The molecule has 1 heterocycles. The Balaban J connectivity index is 1.87. The molecule has 7 nitrogen and oxygen atoms in total. The SMILES string of the molecule is COc1ccc(NC(=O)C[NH+]2CCN(C(C)=O)CC2)cc1OC. The van der Waals surface area contributed by atoms with E-state index in [1.165, 1.54) is 4.90 Å². The van der Waals surface area contributed by atoms with Crippen molar-refractivity contribution in [2.45, 2.75) is 6.92 Å². The van der Waals surface area contributed by atoms with Crippen molar-refractivity contribution >= 4 is 17.5 Å². The fraction of sp³-hybridized carbons (Fsp3) is 0.500. The Morgan fingerprint density at radius 1 is 1.17 bits per heavy atom. The third kappa shape index (κ3) is 4.59. The second kappa shape index (κ2) is 7.82. The number of hydrogen-bond acceptors (Lipinski definition) is 4. The first kappa shape index (κ1) is 17.1. The molecule has 0 aliphatic carbocycles. The predicted octanol–water partition coefficient (Wildman–Crippen LogP) is -0.611. The van der Waals surface area contributed by atoms with Crippen LogP contribution < -0.4 is 19.7 Å². The van der Waals surface area contributed by atoms with Gasteiger partial charge in [-0.3, -0.25) is 9.59 Å². The number of carbonyl (C=O) groups excluding carboxylic acids is 2. The molecule has 7 heteroatoms. The van der Waals surface area contributed by atoms with E-state index in [2.05, 4.69) is 5.32 Å². The van der Waals surface area contributed by atoms with Gasteiger partial charge in [0.1, 0.15) is 0 Å². The zero-order chi connectivity index (χ0) is 16.8. The highest BCUT2D eigenvalue weighted by Crippen LogP contribution is 2.29. The van der Waals surface area contributed by atoms with Crippen molar-refractivity contribution in [2.24, 2.45) is 0 Å². The molecule has 1 aromatic carbocycles. The van der Waals surface area contributed by atoms with Crippen LogP contribution in [0, 0.1) is 0 Å². The van der Waals surface area contributed by atoms with Crippen molar-refractivity contribution in [2.75, 3.05) is 52.3 Å². The smallest absolute Gasteiger partial charge is 0.279 e. The molecule has 0 saturated carbocycles. The minimum atomic E-state index is -0.0523. The number of methoxy groups -OCH3 is 2. The fourth-order valence-corrected chi connectivity index (χ4v) is 2.66. The maximum atomic E-state index is 12.2. The molecule has 2 rings (SSSR count). The molecule has 0 unspecified atom stereocenters. The van der Waals surface area contributed by atoms with E-state index in [1.807, 2.05) is 4.90 Å². The lowest BCUT2D eigenvalue weighted by Gasteiger charge is -2.31. The molecule has 0 spiro atoms. The number of rotatable bonds is 5. The summed E-state index contributed by atoms with van der Waals surface area (Å²) in [4.78, 5) is 26.5. The molecule has 1 aliphatic rings. The van der Waals surface area contributed by atoms with E-state index in [1.54, 1.807) is 39.3 Å². The first-order chi connectivity index (χ1) is 11.0. The van der Waals surface area contributed by atoms with Crippen LogP contribution in [0.2, 0.25) is 0 Å². The molecule has 1 saturated heterocycles. The molecule has 1 aliphatic heterocycles. The number of carbonyl (C=O) groups is 2. The van der Waals surface area contributed by atoms with E-state index < -0.39 is 0 Å². The topological polar surface area (TPSA) is 72.3 Å². The summed E-state index contributed by atoms with van der Waals surface area (Å²) in [5, 5.41) is 2.87. The molecule has 126 valence electrons. The van der Waals surface area contributed by atoms with Crippen LogP contribution in [0.5, 0.6) is 11.5 Å². The first-order valence-electron chi connectivity index (χ1n) is 7.64. The Labute approximate surface area is 136 Å². The van der Waals surface area contributed by atoms with Crippen LogP contribution in [0.3, 0.4) is 0 Å². The molecule has 23 heavy (non-hydrogen) atoms. The fourth-order valence-electron chi connectivity index (χ4n) is 2.66. The summed E-state index contributed by atoms with van der Waals surface area (Å²) >= 11 is 0. The maximum absolute atomic E-state index is 12.2. The van der Waals surface area contributed by atoms with E-state index in [0.29, 0.717) is 36.8 Å². The van der Waals surface area contributed by atoms with Crippen LogP contribution in [-0.4, -0.2) is 63.7 Å². The van der Waals surface area contributed by atoms with Crippen molar-refractivity contribution in [1.82, 2.24) is 4.90 Å². The summed E-state index contributed by atoms with van der Waals surface area (Å²) in [5.74, 6) is 1.24. The van der Waals surface area contributed by atoms with Crippen molar-refractivity contribution < 1.29 is 24.0 Å². The van der Waals surface area contributed by atoms with Gasteiger partial charge in [-0.15, -0.1) is 0 Å². The lowest BCUT2D eigenvalue weighted by atomic mass is 10.2. The average Bonchev–Trinajstić information content (AvgIpc) is 2.55. The van der Waals surface area contributed by atoms with Gasteiger partial charge in [0.15, 0.2) is 18.0 Å². The minimum Gasteiger partial charge on any atom is -0.493 e. The molecule has 0 atom stereocenters. The van der Waals surface area contributed by atoms with Crippen LogP contribution in [0.1, 0.15) is 6.92 Å². The number of quaternary nitrogens is 1. The maximum Gasteiger partial charge on any atom is 0.279 e. The first-order valence-corrected chi connectivity index (χ1v) is 7.64. The van der Waals surface area contributed by atoms with Crippen molar-refractivity contribution in [1.29, 1.82) is 0 Å². The van der Waals surface area contributed by atoms with Crippen LogP contribution in [0.4, 0.5) is 5.69 Å². The molecule has 0 radical (unpaired) electrons. The molecule has 1 fully saturated rings. The highest BCUT2D eigenvalue weighted by atomic mass is 16.5. The van der Waals surface area contributed by atoms with Crippen molar-refractivity contribution in [3.05, 3.63) is 18.2 Å². The van der Waals surface area contributed by atoms with Crippen LogP contribution in [0.15, 0.2) is 18.2 Å². The van der Waals surface area contributed by atoms with Gasteiger partial charge in [-0.25, -0.2) is 0 Å². The van der Waals surface area contributed by atoms with Crippen LogP contribution >= 0.6 is 0 Å². The van der Waals surface area contributed by atoms with Gasteiger partial charge in [-0.05, 0) is 12.1 Å². The van der Waals surface area contributed by atoms with Gasteiger partial charge in [-0.1, -0.05) is 0 Å². The Morgan fingerprint density at radius 3 is 2.39 bits per heavy atom. The summed E-state index contributed by atoms with van der Waals surface area (Å²) < 4.78 is 10.4. The lowest BCUT2D eigenvalue weighted by Crippen LogP contribution is -3.15. The molecule has 0 aromatic heterocycles. The zero-order valence-electron chi connectivity index (χ0n) is 13.8. The number of nitrogens with one attached hydrogen (secondary N) is 2. The number of hydrogen-bond donors (Lipinski definition) is 2. The number of ether oxygens (including phenoxy) is 2. The lowest BCUT2D eigenvalue weighted by molar-refractivity contribution is -0.895. The third-order valence-electron chi connectivity index (χ3n) is 3.99. The molecule has 2 amide bonds. The van der Waals surface area contributed by atoms with Crippen molar-refractivity contribution in [3.63, 3.8) is 0 Å². The Hall–Kier alpha value is -2.28. The summed E-state index contributed by atoms with van der Waals surface area (Å²) in [5.41, 5.74) is 0.675. The average molecular weight is 322 g/mol. The van der Waals surface area contributed by atoms with E-state index in [4.69, 9.17) is 9.47 Å². The minimum absolute atomic E-state index is 0.0523. The number of amides is 2. The van der Waals surface area contributed by atoms with E-state index in [0.717, 1.165) is 13.1 Å². The van der Waals surface area contributed by atoms with Gasteiger partial charge in [0.2, 0.25) is 5.91 Å². The van der Waals surface area contributed by atoms with Gasteiger partial charge in [-0.2, -0.15) is 0 Å². The second-order valence-electron chi connectivity index (χ2n) is 5.55.